The summed E-state index contributed by atoms with van der Waals surface area (Å²) < 4.78 is 0. The van der Waals surface area contributed by atoms with Gasteiger partial charge in [0.05, 0.1) is 0 Å². The van der Waals surface area contributed by atoms with E-state index in [0.29, 0.717) is 17.9 Å². The zero-order valence-electron chi connectivity index (χ0n) is 8.96. The number of carbonyl (C=O) groups excluding carboxylic acids is 1. The van der Waals surface area contributed by atoms with Crippen molar-refractivity contribution in [2.75, 3.05) is 18.8 Å². The number of pyridine rings is 1. The minimum Gasteiger partial charge on any atom is -0.465 e. The molecule has 0 aliphatic carbocycles. The van der Waals surface area contributed by atoms with Crippen molar-refractivity contribution in [2.45, 2.75) is 6.04 Å². The van der Waals surface area contributed by atoms with Gasteiger partial charge in [-0.3, -0.25) is 9.69 Å². The summed E-state index contributed by atoms with van der Waals surface area (Å²) in [4.78, 5) is 27.7. The van der Waals surface area contributed by atoms with Crippen LogP contribution >= 0.6 is 0 Å². The summed E-state index contributed by atoms with van der Waals surface area (Å²) in [5, 5.41) is 11.7. The zero-order valence-corrected chi connectivity index (χ0v) is 8.96. The first-order valence-electron chi connectivity index (χ1n) is 5.08. The Hall–Kier alpha value is -2.31. The van der Waals surface area contributed by atoms with E-state index in [1.54, 1.807) is 6.07 Å². The van der Waals surface area contributed by atoms with Crippen molar-refractivity contribution in [2.24, 2.45) is 0 Å². The second-order valence-electron chi connectivity index (χ2n) is 3.69. The van der Waals surface area contributed by atoms with Crippen LogP contribution in [-0.2, 0) is 4.79 Å². The number of piperazine rings is 1. The summed E-state index contributed by atoms with van der Waals surface area (Å²) in [6, 6.07) is 2.29. The number of rotatable bonds is 1. The van der Waals surface area contributed by atoms with Crippen molar-refractivity contribution < 1.29 is 14.7 Å². The van der Waals surface area contributed by atoms with Crippen LogP contribution in [-0.4, -0.2) is 40.1 Å². The Bertz CT molecular complexity index is 445. The molecular weight excluding hydrogens is 224 g/mol. The molecule has 0 aromatic carbocycles. The van der Waals surface area contributed by atoms with Gasteiger partial charge in [-0.25, -0.2) is 9.78 Å². The highest BCUT2D eigenvalue weighted by atomic mass is 16.4. The number of hydrogen-bond donors (Lipinski definition) is 3. The Balaban J connectivity index is 2.34. The van der Waals surface area contributed by atoms with Crippen LogP contribution in [0.4, 0.5) is 10.6 Å². The molecule has 17 heavy (non-hydrogen) atoms. The van der Waals surface area contributed by atoms with E-state index in [4.69, 9.17) is 10.8 Å². The fourth-order valence-corrected chi connectivity index (χ4v) is 1.78. The van der Waals surface area contributed by atoms with Crippen molar-refractivity contribution in [1.82, 2.24) is 15.2 Å². The first kappa shape index (κ1) is 11.2. The highest BCUT2D eigenvalue weighted by Gasteiger charge is 2.34. The smallest absolute Gasteiger partial charge is 0.408 e. The minimum absolute atomic E-state index is 0.260. The Labute approximate surface area is 97.2 Å². The first-order chi connectivity index (χ1) is 8.09. The zero-order chi connectivity index (χ0) is 12.4. The second-order valence-corrected chi connectivity index (χ2v) is 3.69. The molecule has 90 valence electrons. The van der Waals surface area contributed by atoms with Gasteiger partial charge in [0, 0.05) is 24.8 Å². The lowest BCUT2D eigenvalue weighted by Gasteiger charge is -2.32. The lowest BCUT2D eigenvalue weighted by atomic mass is 10.1. The van der Waals surface area contributed by atoms with E-state index in [2.05, 4.69) is 10.3 Å². The molecular formula is C10H12N4O3. The lowest BCUT2D eigenvalue weighted by molar-refractivity contribution is -0.128. The number of amides is 2. The SMILES string of the molecule is Nc1ccc(C2C(=O)NCCN2C(=O)O)cn1. The summed E-state index contributed by atoms with van der Waals surface area (Å²) in [5.74, 6) is -0.0166. The van der Waals surface area contributed by atoms with Gasteiger partial charge >= 0.3 is 6.09 Å². The number of aromatic nitrogens is 1. The normalized spacial score (nSPS) is 19.9. The third kappa shape index (κ3) is 2.12. The quantitative estimate of drug-likeness (QED) is 0.626. The van der Waals surface area contributed by atoms with Gasteiger partial charge < -0.3 is 16.2 Å². The van der Waals surface area contributed by atoms with Crippen LogP contribution in [0.3, 0.4) is 0 Å². The number of carboxylic acid groups (broad SMARTS) is 1. The monoisotopic (exact) mass is 236 g/mol. The molecule has 2 heterocycles. The minimum atomic E-state index is -1.12. The van der Waals surface area contributed by atoms with Gasteiger partial charge in [-0.1, -0.05) is 6.07 Å². The van der Waals surface area contributed by atoms with E-state index in [1.807, 2.05) is 0 Å². The lowest BCUT2D eigenvalue weighted by Crippen LogP contribution is -2.51. The van der Waals surface area contributed by atoms with Crippen molar-refractivity contribution >= 4 is 17.8 Å². The number of nitrogen functional groups attached to an aromatic ring is 1. The van der Waals surface area contributed by atoms with Crippen LogP contribution in [0.25, 0.3) is 0 Å². The molecule has 1 unspecified atom stereocenters. The average molecular weight is 236 g/mol. The van der Waals surface area contributed by atoms with Crippen molar-refractivity contribution in [3.8, 4) is 0 Å². The van der Waals surface area contributed by atoms with Gasteiger partial charge in [-0.2, -0.15) is 0 Å². The van der Waals surface area contributed by atoms with Crippen molar-refractivity contribution in [3.63, 3.8) is 0 Å². The number of nitrogens with zero attached hydrogens (tertiary/aromatic N) is 2. The summed E-state index contributed by atoms with van der Waals surface area (Å²) in [5.41, 5.74) is 5.96. The van der Waals surface area contributed by atoms with Crippen LogP contribution in [0.1, 0.15) is 11.6 Å². The molecule has 1 atom stereocenters. The first-order valence-corrected chi connectivity index (χ1v) is 5.08. The predicted molar refractivity (Wildman–Crippen MR) is 59.1 cm³/mol. The topological polar surface area (TPSA) is 109 Å². The van der Waals surface area contributed by atoms with E-state index in [0.717, 1.165) is 4.90 Å². The molecule has 7 heteroatoms. The summed E-state index contributed by atoms with van der Waals surface area (Å²) in [7, 11) is 0. The number of nitrogens with one attached hydrogen (secondary N) is 1. The molecule has 4 N–H and O–H groups in total. The highest BCUT2D eigenvalue weighted by molar-refractivity contribution is 5.87. The Morgan fingerprint density at radius 1 is 1.59 bits per heavy atom. The summed E-state index contributed by atoms with van der Waals surface area (Å²) >= 11 is 0. The van der Waals surface area contributed by atoms with E-state index in [1.165, 1.54) is 12.3 Å². The van der Waals surface area contributed by atoms with Crippen LogP contribution in [0.2, 0.25) is 0 Å². The molecule has 0 spiro atoms. The Morgan fingerprint density at radius 2 is 2.35 bits per heavy atom. The van der Waals surface area contributed by atoms with Gasteiger partial charge in [-0.05, 0) is 6.07 Å². The molecule has 1 aliphatic rings. The van der Waals surface area contributed by atoms with Crippen LogP contribution < -0.4 is 11.1 Å². The van der Waals surface area contributed by atoms with Crippen molar-refractivity contribution in [1.29, 1.82) is 0 Å². The summed E-state index contributed by atoms with van der Waals surface area (Å²) in [6.45, 7) is 0.583. The summed E-state index contributed by atoms with van der Waals surface area (Å²) in [6.07, 6.45) is 0.294. The largest absolute Gasteiger partial charge is 0.465 e. The van der Waals surface area contributed by atoms with E-state index < -0.39 is 12.1 Å². The van der Waals surface area contributed by atoms with Crippen LogP contribution in [0.5, 0.6) is 0 Å². The van der Waals surface area contributed by atoms with Gasteiger partial charge in [0.2, 0.25) is 5.91 Å². The highest BCUT2D eigenvalue weighted by Crippen LogP contribution is 2.23. The van der Waals surface area contributed by atoms with Gasteiger partial charge in [0.1, 0.15) is 11.9 Å². The van der Waals surface area contributed by atoms with Gasteiger partial charge in [0.25, 0.3) is 0 Å². The van der Waals surface area contributed by atoms with Crippen LogP contribution in [0.15, 0.2) is 18.3 Å². The fraction of sp³-hybridized carbons (Fsp3) is 0.300. The van der Waals surface area contributed by atoms with E-state index in [-0.39, 0.29) is 12.5 Å². The maximum Gasteiger partial charge on any atom is 0.408 e. The molecule has 1 saturated heterocycles. The maximum absolute atomic E-state index is 11.7. The number of anilines is 1. The van der Waals surface area contributed by atoms with E-state index >= 15 is 0 Å². The van der Waals surface area contributed by atoms with Crippen molar-refractivity contribution in [3.05, 3.63) is 23.9 Å². The molecule has 0 bridgehead atoms. The third-order valence-corrected chi connectivity index (χ3v) is 2.58. The third-order valence-electron chi connectivity index (χ3n) is 2.58. The number of nitrogens with two attached hydrogens (primary N) is 1. The molecule has 0 saturated carbocycles. The predicted octanol–water partition coefficient (Wildman–Crippen LogP) is -0.185. The Kier molecular flexibility index (Phi) is 2.82. The van der Waals surface area contributed by atoms with E-state index in [9.17, 15) is 9.59 Å². The Morgan fingerprint density at radius 3 is 2.94 bits per heavy atom. The van der Waals surface area contributed by atoms with Gasteiger partial charge in [-0.15, -0.1) is 0 Å². The number of hydrogen-bond acceptors (Lipinski definition) is 4. The molecule has 1 aromatic heterocycles. The number of carbonyl (C=O) groups is 2. The fourth-order valence-electron chi connectivity index (χ4n) is 1.78. The maximum atomic E-state index is 11.7. The molecule has 1 fully saturated rings. The second kappa shape index (κ2) is 4.28. The van der Waals surface area contributed by atoms with Gasteiger partial charge in [0.15, 0.2) is 0 Å². The molecule has 2 rings (SSSR count). The standard InChI is InChI=1S/C10H12N4O3/c11-7-2-1-6(5-13-7)8-9(15)12-3-4-14(8)10(16)17/h1-2,5,8H,3-4H2,(H2,11,13)(H,12,15)(H,16,17). The average Bonchev–Trinajstić information content (AvgIpc) is 2.30. The molecule has 2 amide bonds. The molecule has 1 aromatic rings. The van der Waals surface area contributed by atoms with Crippen LogP contribution in [0, 0.1) is 0 Å². The molecule has 0 radical (unpaired) electrons. The molecule has 1 aliphatic heterocycles. The molecule has 7 nitrogen and oxygen atoms in total.